The summed E-state index contributed by atoms with van der Waals surface area (Å²) in [6.07, 6.45) is 3.45. The number of hydrogen-bond donors (Lipinski definition) is 2. The van der Waals surface area contributed by atoms with Gasteiger partial charge in [0.1, 0.15) is 0 Å². The monoisotopic (exact) mass is 269 g/mol. The van der Waals surface area contributed by atoms with Gasteiger partial charge in [0.2, 0.25) is 0 Å². The van der Waals surface area contributed by atoms with Gasteiger partial charge in [-0.1, -0.05) is 19.4 Å². The van der Waals surface area contributed by atoms with Gasteiger partial charge in [0.15, 0.2) is 0 Å². The second kappa shape index (κ2) is 7.24. The predicted octanol–water partition coefficient (Wildman–Crippen LogP) is 2.40. The van der Waals surface area contributed by atoms with Crippen LogP contribution in [0.5, 0.6) is 0 Å². The quantitative estimate of drug-likeness (QED) is 0.723. The number of ether oxygens (including phenoxy) is 1. The van der Waals surface area contributed by atoms with E-state index in [-0.39, 0.29) is 0 Å². The lowest BCUT2D eigenvalue weighted by Crippen LogP contribution is -2.32. The first-order chi connectivity index (χ1) is 8.79. The number of hydrogen-bond acceptors (Lipinski definition) is 4. The second-order valence-electron chi connectivity index (χ2n) is 5.05. The van der Waals surface area contributed by atoms with Crippen molar-refractivity contribution in [3.8, 4) is 0 Å². The van der Waals surface area contributed by atoms with E-state index in [0.717, 1.165) is 5.92 Å². The zero-order valence-electron chi connectivity index (χ0n) is 11.0. The Balaban J connectivity index is 1.49. The van der Waals surface area contributed by atoms with Crippen LogP contribution < -0.4 is 5.32 Å². The van der Waals surface area contributed by atoms with Gasteiger partial charge < -0.3 is 15.2 Å². The summed E-state index contributed by atoms with van der Waals surface area (Å²) >= 11 is 1.69. The molecule has 0 amide bonds. The van der Waals surface area contributed by atoms with Crippen LogP contribution in [0.15, 0.2) is 17.5 Å². The van der Waals surface area contributed by atoms with E-state index in [1.807, 2.05) is 11.4 Å². The van der Waals surface area contributed by atoms with Gasteiger partial charge in [-0.25, -0.2) is 0 Å². The average Bonchev–Trinajstić information content (AvgIpc) is 2.88. The van der Waals surface area contributed by atoms with Crippen LogP contribution in [0.2, 0.25) is 0 Å². The molecule has 0 aromatic carbocycles. The molecule has 0 spiro atoms. The lowest BCUT2D eigenvalue weighted by atomic mass is 10.2. The lowest BCUT2D eigenvalue weighted by Gasteiger charge is -2.12. The highest BCUT2D eigenvalue weighted by Gasteiger charge is 2.35. The van der Waals surface area contributed by atoms with Gasteiger partial charge in [-0.2, -0.15) is 0 Å². The zero-order chi connectivity index (χ0) is 12.8. The Labute approximate surface area is 113 Å². The maximum Gasteiger partial charge on any atom is 0.0897 e. The van der Waals surface area contributed by atoms with E-state index in [1.165, 1.54) is 24.1 Å². The summed E-state index contributed by atoms with van der Waals surface area (Å²) in [6.45, 7) is 3.89. The second-order valence-corrected chi connectivity index (χ2v) is 6.08. The maximum absolute atomic E-state index is 9.79. The van der Waals surface area contributed by atoms with Crippen molar-refractivity contribution in [3.05, 3.63) is 22.4 Å². The van der Waals surface area contributed by atoms with Crippen LogP contribution >= 0.6 is 11.3 Å². The predicted molar refractivity (Wildman–Crippen MR) is 74.8 cm³/mol. The Morgan fingerprint density at radius 2 is 2.50 bits per heavy atom. The molecule has 102 valence electrons. The molecule has 3 nitrogen and oxygen atoms in total. The number of nitrogens with one attached hydrogen (secondary N) is 1. The van der Waals surface area contributed by atoms with E-state index in [2.05, 4.69) is 18.3 Å². The third-order valence-electron chi connectivity index (χ3n) is 3.33. The smallest absolute Gasteiger partial charge is 0.0897 e. The van der Waals surface area contributed by atoms with E-state index in [4.69, 9.17) is 4.74 Å². The first-order valence-corrected chi connectivity index (χ1v) is 7.69. The van der Waals surface area contributed by atoms with Crippen LogP contribution in [-0.2, 0) is 11.3 Å². The molecule has 2 rings (SSSR count). The van der Waals surface area contributed by atoms with Crippen LogP contribution in [0, 0.1) is 5.92 Å². The number of thiophene rings is 1. The molecule has 1 heterocycles. The third kappa shape index (κ3) is 4.69. The normalized spacial score (nSPS) is 24.1. The van der Waals surface area contributed by atoms with Crippen LogP contribution in [0.1, 0.15) is 31.1 Å². The van der Waals surface area contributed by atoms with Crippen molar-refractivity contribution in [2.75, 3.05) is 13.2 Å². The molecule has 0 saturated heterocycles. The van der Waals surface area contributed by atoms with Crippen molar-refractivity contribution in [2.45, 2.75) is 44.9 Å². The van der Waals surface area contributed by atoms with Crippen molar-refractivity contribution in [2.24, 2.45) is 5.92 Å². The van der Waals surface area contributed by atoms with Crippen LogP contribution in [0.4, 0.5) is 0 Å². The summed E-state index contributed by atoms with van der Waals surface area (Å²) in [5, 5.41) is 15.2. The topological polar surface area (TPSA) is 41.5 Å². The summed E-state index contributed by atoms with van der Waals surface area (Å²) in [7, 11) is 0. The minimum absolute atomic E-state index is 0.396. The first kappa shape index (κ1) is 14.0. The minimum Gasteiger partial charge on any atom is -0.389 e. The molecule has 18 heavy (non-hydrogen) atoms. The van der Waals surface area contributed by atoms with Gasteiger partial charge in [-0.15, -0.1) is 11.3 Å². The molecule has 0 aliphatic heterocycles. The standard InChI is InChI=1S/C14H23NO2S/c1-2-4-11-7-14(11)15-8-12(16)9-17-10-13-5-3-6-18-13/h3,5-6,11-12,14-16H,2,4,7-10H2,1H3. The van der Waals surface area contributed by atoms with E-state index in [9.17, 15) is 5.11 Å². The first-order valence-electron chi connectivity index (χ1n) is 6.81. The molecule has 3 unspecified atom stereocenters. The zero-order valence-corrected chi connectivity index (χ0v) is 11.8. The Morgan fingerprint density at radius 3 is 3.22 bits per heavy atom. The van der Waals surface area contributed by atoms with Gasteiger partial charge in [-0.3, -0.25) is 0 Å². The van der Waals surface area contributed by atoms with Gasteiger partial charge in [-0.05, 0) is 30.2 Å². The Morgan fingerprint density at radius 1 is 1.61 bits per heavy atom. The molecule has 0 radical (unpaired) electrons. The molecule has 1 fully saturated rings. The average molecular weight is 269 g/mol. The molecule has 2 N–H and O–H groups in total. The van der Waals surface area contributed by atoms with Crippen molar-refractivity contribution in [1.82, 2.24) is 5.32 Å². The summed E-state index contributed by atoms with van der Waals surface area (Å²) < 4.78 is 5.49. The fraction of sp³-hybridized carbons (Fsp3) is 0.714. The summed E-state index contributed by atoms with van der Waals surface area (Å²) in [6, 6.07) is 4.70. The molecular weight excluding hydrogens is 246 g/mol. The van der Waals surface area contributed by atoms with Gasteiger partial charge in [0, 0.05) is 17.5 Å². The molecule has 1 aromatic heterocycles. The van der Waals surface area contributed by atoms with E-state index in [1.54, 1.807) is 11.3 Å². The van der Waals surface area contributed by atoms with Crippen molar-refractivity contribution < 1.29 is 9.84 Å². The van der Waals surface area contributed by atoms with Gasteiger partial charge in [0.05, 0.1) is 19.3 Å². The van der Waals surface area contributed by atoms with Gasteiger partial charge >= 0.3 is 0 Å². The highest BCUT2D eigenvalue weighted by Crippen LogP contribution is 2.34. The molecule has 1 saturated carbocycles. The highest BCUT2D eigenvalue weighted by molar-refractivity contribution is 7.09. The Kier molecular flexibility index (Phi) is 5.63. The number of aliphatic hydroxyl groups excluding tert-OH is 1. The van der Waals surface area contributed by atoms with Crippen molar-refractivity contribution in [3.63, 3.8) is 0 Å². The number of aliphatic hydroxyl groups is 1. The maximum atomic E-state index is 9.79. The molecule has 4 heteroatoms. The summed E-state index contributed by atoms with van der Waals surface area (Å²) in [5.74, 6) is 0.842. The Hall–Kier alpha value is -0.420. The number of rotatable bonds is 9. The molecular formula is C14H23NO2S. The highest BCUT2D eigenvalue weighted by atomic mass is 32.1. The van der Waals surface area contributed by atoms with E-state index < -0.39 is 6.10 Å². The SMILES string of the molecule is CCCC1CC1NCC(O)COCc1cccs1. The van der Waals surface area contributed by atoms with Crippen LogP contribution in [-0.4, -0.2) is 30.4 Å². The van der Waals surface area contributed by atoms with E-state index in [0.29, 0.717) is 25.8 Å². The molecule has 0 bridgehead atoms. The molecule has 1 aliphatic rings. The Bertz CT molecular complexity index is 329. The molecule has 1 aromatic rings. The minimum atomic E-state index is -0.396. The fourth-order valence-electron chi connectivity index (χ4n) is 2.22. The molecule has 3 atom stereocenters. The van der Waals surface area contributed by atoms with Gasteiger partial charge in [0.25, 0.3) is 0 Å². The lowest BCUT2D eigenvalue weighted by molar-refractivity contribution is 0.0295. The summed E-state index contributed by atoms with van der Waals surface area (Å²) in [4.78, 5) is 1.21. The van der Waals surface area contributed by atoms with Crippen molar-refractivity contribution in [1.29, 1.82) is 0 Å². The van der Waals surface area contributed by atoms with E-state index >= 15 is 0 Å². The van der Waals surface area contributed by atoms with Crippen LogP contribution in [0.25, 0.3) is 0 Å². The third-order valence-corrected chi connectivity index (χ3v) is 4.18. The molecule has 1 aliphatic carbocycles. The van der Waals surface area contributed by atoms with Crippen LogP contribution in [0.3, 0.4) is 0 Å². The largest absolute Gasteiger partial charge is 0.389 e. The summed E-state index contributed by atoms with van der Waals surface area (Å²) in [5.41, 5.74) is 0. The van der Waals surface area contributed by atoms with Crippen molar-refractivity contribution >= 4 is 11.3 Å². The fourth-order valence-corrected chi connectivity index (χ4v) is 2.86.